The van der Waals surface area contributed by atoms with Crippen LogP contribution in [0, 0.1) is 18.2 Å². The highest BCUT2D eigenvalue weighted by Crippen LogP contribution is 2.34. The highest BCUT2D eigenvalue weighted by Gasteiger charge is 2.16. The number of fused-ring (bicyclic) bond motifs is 1. The second kappa shape index (κ2) is 8.21. The maximum Gasteiger partial charge on any atom is 0.414 e. The van der Waals surface area contributed by atoms with Crippen LogP contribution in [0.5, 0.6) is 11.5 Å². The number of hydrogen-bond acceptors (Lipinski definition) is 3. The Morgan fingerprint density at radius 2 is 1.96 bits per heavy atom. The van der Waals surface area contributed by atoms with Gasteiger partial charge in [0.25, 0.3) is 0 Å². The molecule has 24 heavy (non-hydrogen) atoms. The number of aryl methyl sites for hydroxylation is 1. The van der Waals surface area contributed by atoms with Crippen LogP contribution in [0.4, 0.5) is 9.18 Å². The van der Waals surface area contributed by atoms with Gasteiger partial charge in [0.15, 0.2) is 11.6 Å². The molecule has 0 aliphatic heterocycles. The predicted molar refractivity (Wildman–Crippen MR) is 93.9 cm³/mol. The maximum absolute atomic E-state index is 14.0. The van der Waals surface area contributed by atoms with Crippen LogP contribution >= 0.6 is 0 Å². The van der Waals surface area contributed by atoms with Crippen LogP contribution in [0.15, 0.2) is 18.2 Å². The molecule has 0 unspecified atom stereocenters. The number of nitrogens with zero attached hydrogens (tertiary/aromatic N) is 1. The number of phenols is 1. The molecule has 0 aliphatic rings. The lowest BCUT2D eigenvalue weighted by molar-refractivity contribution is 0.172. The van der Waals surface area contributed by atoms with Gasteiger partial charge in [-0.25, -0.2) is 9.18 Å². The molecule has 128 valence electrons. The van der Waals surface area contributed by atoms with E-state index in [1.165, 1.54) is 11.0 Å². The molecule has 0 fully saturated rings. The lowest BCUT2D eigenvalue weighted by Crippen LogP contribution is -2.25. The third-order valence-corrected chi connectivity index (χ3v) is 3.31. The molecular formula is C19H22FNO3. The van der Waals surface area contributed by atoms with E-state index >= 15 is 0 Å². The summed E-state index contributed by atoms with van der Waals surface area (Å²) in [5.41, 5.74) is 0.753. The van der Waals surface area contributed by atoms with E-state index in [4.69, 9.17) is 11.2 Å². The molecule has 0 atom stereocenters. The monoisotopic (exact) mass is 331 g/mol. The normalized spacial score (nSPS) is 9.71. The van der Waals surface area contributed by atoms with E-state index in [0.717, 1.165) is 5.56 Å². The lowest BCUT2D eigenvalue weighted by atomic mass is 9.96. The molecule has 4 nitrogen and oxygen atoms in total. The Labute approximate surface area is 141 Å². The summed E-state index contributed by atoms with van der Waals surface area (Å²) in [6, 6.07) is 4.48. The first-order valence-corrected chi connectivity index (χ1v) is 7.72. The third-order valence-electron chi connectivity index (χ3n) is 3.31. The molecule has 0 bridgehead atoms. The molecule has 1 amide bonds. The molecule has 2 rings (SSSR count). The van der Waals surface area contributed by atoms with Crippen molar-refractivity contribution in [3.05, 3.63) is 35.1 Å². The minimum Gasteiger partial charge on any atom is -0.505 e. The van der Waals surface area contributed by atoms with Crippen molar-refractivity contribution >= 4 is 16.9 Å². The van der Waals surface area contributed by atoms with E-state index in [0.29, 0.717) is 22.9 Å². The molecule has 0 radical (unpaired) electrons. The Bertz CT molecular complexity index is 792. The van der Waals surface area contributed by atoms with Gasteiger partial charge in [0, 0.05) is 19.5 Å². The summed E-state index contributed by atoms with van der Waals surface area (Å²) < 4.78 is 19.2. The first-order valence-electron chi connectivity index (χ1n) is 7.72. The summed E-state index contributed by atoms with van der Waals surface area (Å²) in [4.78, 5) is 13.0. The van der Waals surface area contributed by atoms with Crippen molar-refractivity contribution in [3.8, 4) is 23.8 Å². The van der Waals surface area contributed by atoms with Gasteiger partial charge < -0.3 is 14.7 Å². The van der Waals surface area contributed by atoms with Gasteiger partial charge in [-0.3, -0.25) is 0 Å². The first-order chi connectivity index (χ1) is 11.4. The SMILES string of the molecule is C#Cc1c(F)c(O)cc2cc(OC(=O)N(C)C)cc(CC)c12.CC. The van der Waals surface area contributed by atoms with Gasteiger partial charge in [0.2, 0.25) is 0 Å². The molecule has 5 heteroatoms. The average Bonchev–Trinajstić information content (AvgIpc) is 2.57. The Hall–Kier alpha value is -2.74. The quantitative estimate of drug-likeness (QED) is 0.834. The van der Waals surface area contributed by atoms with Gasteiger partial charge in [-0.15, -0.1) is 6.42 Å². The Morgan fingerprint density at radius 1 is 1.33 bits per heavy atom. The molecule has 0 aromatic heterocycles. The number of halogens is 1. The van der Waals surface area contributed by atoms with Crippen LogP contribution in [-0.4, -0.2) is 30.2 Å². The zero-order valence-corrected chi connectivity index (χ0v) is 14.6. The molecular weight excluding hydrogens is 309 g/mol. The van der Waals surface area contributed by atoms with Gasteiger partial charge in [-0.2, -0.15) is 0 Å². The van der Waals surface area contributed by atoms with E-state index in [-0.39, 0.29) is 5.56 Å². The molecule has 0 heterocycles. The van der Waals surface area contributed by atoms with Crippen LogP contribution in [0.1, 0.15) is 31.9 Å². The second-order valence-corrected chi connectivity index (χ2v) is 5.03. The van der Waals surface area contributed by atoms with Crippen LogP contribution < -0.4 is 4.74 Å². The smallest absolute Gasteiger partial charge is 0.414 e. The molecule has 0 aliphatic carbocycles. The van der Waals surface area contributed by atoms with Crippen molar-refractivity contribution in [2.24, 2.45) is 0 Å². The number of rotatable bonds is 2. The van der Waals surface area contributed by atoms with Gasteiger partial charge >= 0.3 is 6.09 Å². The van der Waals surface area contributed by atoms with Gasteiger partial charge in [0.1, 0.15) is 5.75 Å². The number of aromatic hydroxyl groups is 1. The van der Waals surface area contributed by atoms with Crippen molar-refractivity contribution in [1.82, 2.24) is 4.90 Å². The third kappa shape index (κ3) is 3.77. The number of terminal acetylenes is 1. The van der Waals surface area contributed by atoms with Crippen molar-refractivity contribution < 1.29 is 19.0 Å². The zero-order chi connectivity index (χ0) is 18.4. The Morgan fingerprint density at radius 3 is 2.46 bits per heavy atom. The maximum atomic E-state index is 14.0. The number of hydrogen-bond donors (Lipinski definition) is 1. The first kappa shape index (κ1) is 19.3. The van der Waals surface area contributed by atoms with Crippen LogP contribution in [0.2, 0.25) is 0 Å². The number of phenolic OH excluding ortho intramolecular Hbond substituents is 1. The molecule has 0 spiro atoms. The fourth-order valence-electron chi connectivity index (χ4n) is 2.23. The minimum absolute atomic E-state index is 0.0114. The summed E-state index contributed by atoms with van der Waals surface area (Å²) >= 11 is 0. The van der Waals surface area contributed by atoms with Crippen LogP contribution in [0.25, 0.3) is 10.8 Å². The van der Waals surface area contributed by atoms with Crippen molar-refractivity contribution in [3.63, 3.8) is 0 Å². The summed E-state index contributed by atoms with van der Waals surface area (Å²) in [6.07, 6.45) is 5.42. The topological polar surface area (TPSA) is 49.8 Å². The van der Waals surface area contributed by atoms with E-state index in [1.807, 2.05) is 20.8 Å². The van der Waals surface area contributed by atoms with Crippen molar-refractivity contribution in [2.75, 3.05) is 14.1 Å². The summed E-state index contributed by atoms with van der Waals surface area (Å²) in [5, 5.41) is 10.7. The fraction of sp³-hybridized carbons (Fsp3) is 0.316. The van der Waals surface area contributed by atoms with Crippen molar-refractivity contribution in [1.29, 1.82) is 0 Å². The number of ether oxygens (including phenoxy) is 1. The zero-order valence-electron chi connectivity index (χ0n) is 14.6. The molecule has 0 saturated carbocycles. The van der Waals surface area contributed by atoms with E-state index < -0.39 is 17.7 Å². The molecule has 2 aromatic rings. The summed E-state index contributed by atoms with van der Waals surface area (Å²) in [5.74, 6) is 1.25. The number of amides is 1. The van der Waals surface area contributed by atoms with E-state index in [1.54, 1.807) is 26.2 Å². The second-order valence-electron chi connectivity index (χ2n) is 5.03. The van der Waals surface area contributed by atoms with Gasteiger partial charge in [0.05, 0.1) is 5.56 Å². The molecule has 1 N–H and O–H groups in total. The van der Waals surface area contributed by atoms with E-state index in [9.17, 15) is 14.3 Å². The van der Waals surface area contributed by atoms with Crippen molar-refractivity contribution in [2.45, 2.75) is 27.2 Å². The number of carbonyl (C=O) groups excluding carboxylic acids is 1. The van der Waals surface area contributed by atoms with Crippen LogP contribution in [0.3, 0.4) is 0 Å². The highest BCUT2D eigenvalue weighted by molar-refractivity contribution is 5.94. The van der Waals surface area contributed by atoms with Gasteiger partial charge in [-0.05, 0) is 35.6 Å². The number of carbonyl (C=O) groups is 1. The minimum atomic E-state index is -0.817. The van der Waals surface area contributed by atoms with Gasteiger partial charge in [-0.1, -0.05) is 26.7 Å². The average molecular weight is 331 g/mol. The summed E-state index contributed by atoms with van der Waals surface area (Å²) in [7, 11) is 3.14. The predicted octanol–water partition coefficient (Wildman–Crippen LogP) is 4.31. The highest BCUT2D eigenvalue weighted by atomic mass is 19.1. The van der Waals surface area contributed by atoms with E-state index in [2.05, 4.69) is 5.92 Å². The largest absolute Gasteiger partial charge is 0.505 e. The Balaban J connectivity index is 0.00000139. The lowest BCUT2D eigenvalue weighted by Gasteiger charge is -2.14. The Kier molecular flexibility index (Phi) is 6.60. The standard InChI is InChI=1S/C17H16FNO3.C2H6/c1-5-10-7-12(22-17(21)19(3)4)8-11-9-14(20)16(18)13(6-2)15(10)11;1-2/h2,7-9,20H,5H2,1,3-4H3;1-2H3. The molecule has 2 aromatic carbocycles. The summed E-state index contributed by atoms with van der Waals surface area (Å²) in [6.45, 7) is 5.89. The number of benzene rings is 2. The fourth-order valence-corrected chi connectivity index (χ4v) is 2.23. The molecule has 0 saturated heterocycles. The van der Waals surface area contributed by atoms with Crippen LogP contribution in [-0.2, 0) is 6.42 Å².